The first-order valence-corrected chi connectivity index (χ1v) is 2.32. The van der Waals surface area contributed by atoms with Gasteiger partial charge < -0.3 is 10.8 Å². The normalized spacial score (nSPS) is 15.6. The Hall–Kier alpha value is -0.648. The average Bonchev–Trinajstić information content (AvgIpc) is 1.77. The van der Waals surface area contributed by atoms with Crippen molar-refractivity contribution >= 4 is 28.8 Å². The molecule has 0 unspecified atom stereocenters. The van der Waals surface area contributed by atoms with Gasteiger partial charge >= 0.3 is 0 Å². The molecule has 0 saturated heterocycles. The van der Waals surface area contributed by atoms with Crippen LogP contribution < -0.4 is 0 Å². The first-order valence-electron chi connectivity index (χ1n) is 2.32. The number of allylic oxidation sites excluding steroid dienone is 4. The Morgan fingerprint density at radius 1 is 0.778 bits per heavy atom. The highest BCUT2D eigenvalue weighted by Crippen LogP contribution is 1.91. The summed E-state index contributed by atoms with van der Waals surface area (Å²) in [4.78, 5) is 0. The van der Waals surface area contributed by atoms with E-state index in [0.29, 0.717) is 11.4 Å². The monoisotopic (exact) mass is 136 g/mol. The molecule has 0 atom stereocenters. The van der Waals surface area contributed by atoms with Crippen molar-refractivity contribution < 1.29 is 0 Å². The zero-order valence-corrected chi connectivity index (χ0v) is 4.31. The smallest absolute Gasteiger partial charge is 0.187 e. The SMILES string of the molecule is N=C1C=CC(=N)C=C1.[AlH3]. The molecule has 0 bridgehead atoms. The van der Waals surface area contributed by atoms with E-state index < -0.39 is 0 Å². The van der Waals surface area contributed by atoms with E-state index in [1.165, 1.54) is 0 Å². The minimum absolute atomic E-state index is 0. The third-order valence-electron chi connectivity index (χ3n) is 0.885. The van der Waals surface area contributed by atoms with Crippen LogP contribution in [0.15, 0.2) is 24.3 Å². The molecule has 0 saturated carbocycles. The number of hydrogen-bond donors (Lipinski definition) is 2. The van der Waals surface area contributed by atoms with Crippen LogP contribution >= 0.6 is 0 Å². The first kappa shape index (κ1) is 8.35. The number of hydrogen-bond acceptors (Lipinski definition) is 2. The van der Waals surface area contributed by atoms with Gasteiger partial charge in [-0.05, 0) is 24.3 Å². The number of rotatable bonds is 0. The van der Waals surface area contributed by atoms with Gasteiger partial charge in [-0.25, -0.2) is 0 Å². The van der Waals surface area contributed by atoms with Gasteiger partial charge in [0.2, 0.25) is 0 Å². The lowest BCUT2D eigenvalue weighted by Crippen LogP contribution is -1.95. The average molecular weight is 136 g/mol. The second-order valence-electron chi connectivity index (χ2n) is 1.58. The van der Waals surface area contributed by atoms with E-state index in [1.807, 2.05) is 0 Å². The molecule has 0 aromatic heterocycles. The predicted molar refractivity (Wildman–Crippen MR) is 43.7 cm³/mol. The molecule has 9 heavy (non-hydrogen) atoms. The molecule has 3 heteroatoms. The van der Waals surface area contributed by atoms with Gasteiger partial charge in [-0.3, -0.25) is 0 Å². The Labute approximate surface area is 64.4 Å². The van der Waals surface area contributed by atoms with Crippen LogP contribution in [-0.2, 0) is 0 Å². The minimum atomic E-state index is 0. The molecule has 0 aromatic rings. The molecule has 0 amide bonds. The zero-order chi connectivity index (χ0) is 5.98. The van der Waals surface area contributed by atoms with Crippen LogP contribution in [0, 0.1) is 10.8 Å². The Bertz CT molecular complexity index is 153. The van der Waals surface area contributed by atoms with Gasteiger partial charge in [-0.1, -0.05) is 0 Å². The molecule has 0 radical (unpaired) electrons. The molecule has 0 aromatic carbocycles. The van der Waals surface area contributed by atoms with Gasteiger partial charge in [0.15, 0.2) is 17.4 Å². The highest BCUT2D eigenvalue weighted by molar-refractivity contribution is 6.16. The summed E-state index contributed by atoms with van der Waals surface area (Å²) < 4.78 is 0. The maximum atomic E-state index is 7.01. The topological polar surface area (TPSA) is 47.7 Å². The van der Waals surface area contributed by atoms with E-state index in [-0.39, 0.29) is 17.4 Å². The molecule has 0 aliphatic heterocycles. The van der Waals surface area contributed by atoms with Crippen LogP contribution in [0.5, 0.6) is 0 Å². The van der Waals surface area contributed by atoms with Crippen LogP contribution in [-0.4, -0.2) is 28.8 Å². The minimum Gasteiger partial charge on any atom is -0.301 e. The van der Waals surface area contributed by atoms with Crippen molar-refractivity contribution in [3.63, 3.8) is 0 Å². The lowest BCUT2D eigenvalue weighted by Gasteiger charge is -1.93. The molecule has 1 aliphatic rings. The van der Waals surface area contributed by atoms with Crippen LogP contribution in [0.4, 0.5) is 0 Å². The lowest BCUT2D eigenvalue weighted by atomic mass is 10.2. The summed E-state index contributed by atoms with van der Waals surface area (Å²) in [6.45, 7) is 0. The van der Waals surface area contributed by atoms with Crippen molar-refractivity contribution in [2.75, 3.05) is 0 Å². The largest absolute Gasteiger partial charge is 0.301 e. The molecule has 0 spiro atoms. The molecule has 2 N–H and O–H groups in total. The van der Waals surface area contributed by atoms with Gasteiger partial charge in [-0.2, -0.15) is 0 Å². The molecular formula is C6H9AlN2. The summed E-state index contributed by atoms with van der Waals surface area (Å²) in [5.74, 6) is 0. The highest BCUT2D eigenvalue weighted by Gasteiger charge is 1.91. The fourth-order valence-corrected chi connectivity index (χ4v) is 0.470. The van der Waals surface area contributed by atoms with Crippen LogP contribution in [0.3, 0.4) is 0 Å². The lowest BCUT2D eigenvalue weighted by molar-refractivity contribution is 1.50. The molecule has 2 nitrogen and oxygen atoms in total. The Morgan fingerprint density at radius 2 is 1.00 bits per heavy atom. The van der Waals surface area contributed by atoms with E-state index in [2.05, 4.69) is 0 Å². The molecule has 0 heterocycles. The van der Waals surface area contributed by atoms with E-state index in [0.717, 1.165) is 0 Å². The van der Waals surface area contributed by atoms with Gasteiger partial charge in [0.25, 0.3) is 0 Å². The summed E-state index contributed by atoms with van der Waals surface area (Å²) in [5.41, 5.74) is 0.919. The van der Waals surface area contributed by atoms with E-state index >= 15 is 0 Å². The fourth-order valence-electron chi connectivity index (χ4n) is 0.470. The summed E-state index contributed by atoms with van der Waals surface area (Å²) in [7, 11) is 0. The van der Waals surface area contributed by atoms with Gasteiger partial charge in [0.1, 0.15) is 0 Å². The van der Waals surface area contributed by atoms with Crippen molar-refractivity contribution in [2.24, 2.45) is 0 Å². The van der Waals surface area contributed by atoms with Crippen molar-refractivity contribution in [1.29, 1.82) is 10.8 Å². The van der Waals surface area contributed by atoms with Crippen LogP contribution in [0.1, 0.15) is 0 Å². The summed E-state index contributed by atoms with van der Waals surface area (Å²) in [5, 5.41) is 14.0. The van der Waals surface area contributed by atoms with Crippen molar-refractivity contribution in [2.45, 2.75) is 0 Å². The molecular weight excluding hydrogens is 127 g/mol. The first-order chi connectivity index (χ1) is 3.79. The second kappa shape index (κ2) is 3.39. The van der Waals surface area contributed by atoms with Gasteiger partial charge in [-0.15, -0.1) is 0 Å². The van der Waals surface area contributed by atoms with E-state index in [9.17, 15) is 0 Å². The molecule has 46 valence electrons. The zero-order valence-electron chi connectivity index (χ0n) is 4.31. The van der Waals surface area contributed by atoms with E-state index in [1.54, 1.807) is 24.3 Å². The third-order valence-corrected chi connectivity index (χ3v) is 0.885. The Balaban J connectivity index is 0.000000640. The highest BCUT2D eigenvalue weighted by atomic mass is 27.0. The van der Waals surface area contributed by atoms with Crippen molar-refractivity contribution in [1.82, 2.24) is 0 Å². The number of nitrogens with one attached hydrogen (secondary N) is 2. The summed E-state index contributed by atoms with van der Waals surface area (Å²) in [6.07, 6.45) is 6.40. The van der Waals surface area contributed by atoms with E-state index in [4.69, 9.17) is 10.8 Å². The Kier molecular flexibility index (Phi) is 3.15. The standard InChI is InChI=1S/C6H6N2.Al.3H/c7-5-1-2-6(8)4-3-5;;;;/h1-4,7-8H;;;;. The predicted octanol–water partition coefficient (Wildman–Crippen LogP) is -0.0320. The van der Waals surface area contributed by atoms with Crippen molar-refractivity contribution in [3.05, 3.63) is 24.3 Å². The summed E-state index contributed by atoms with van der Waals surface area (Å²) in [6, 6.07) is 0. The summed E-state index contributed by atoms with van der Waals surface area (Å²) >= 11 is 0. The molecule has 1 aliphatic carbocycles. The quantitative estimate of drug-likeness (QED) is 0.347. The molecule has 1 rings (SSSR count). The third kappa shape index (κ3) is 2.41. The van der Waals surface area contributed by atoms with Gasteiger partial charge in [0.05, 0.1) is 11.4 Å². The van der Waals surface area contributed by atoms with Gasteiger partial charge in [0, 0.05) is 0 Å². The maximum Gasteiger partial charge on any atom is 0.187 e. The Morgan fingerprint density at radius 3 is 1.22 bits per heavy atom. The van der Waals surface area contributed by atoms with Crippen LogP contribution in [0.25, 0.3) is 0 Å². The fraction of sp³-hybridized carbons (Fsp3) is 0. The van der Waals surface area contributed by atoms with Crippen molar-refractivity contribution in [3.8, 4) is 0 Å². The maximum absolute atomic E-state index is 7.01. The second-order valence-corrected chi connectivity index (χ2v) is 1.58. The van der Waals surface area contributed by atoms with Crippen LogP contribution in [0.2, 0.25) is 0 Å². The molecule has 0 fully saturated rings.